The second kappa shape index (κ2) is 5.51. The first kappa shape index (κ1) is 17.0. The Balaban J connectivity index is 1.52. The van der Waals surface area contributed by atoms with Crippen LogP contribution in [0, 0.1) is 5.41 Å². The zero-order valence-electron chi connectivity index (χ0n) is 13.5. The molecule has 3 aliphatic heterocycles. The summed E-state index contributed by atoms with van der Waals surface area (Å²) in [6.45, 7) is 1.41. The van der Waals surface area contributed by atoms with Gasteiger partial charge in [0.25, 0.3) is 5.91 Å². The Morgan fingerprint density at radius 1 is 1.36 bits per heavy atom. The summed E-state index contributed by atoms with van der Waals surface area (Å²) < 4.78 is 35.5. The van der Waals surface area contributed by atoms with E-state index in [-0.39, 0.29) is 23.9 Å². The molecule has 12 heteroatoms. The summed E-state index contributed by atoms with van der Waals surface area (Å²) in [5, 5.41) is 2.45. The van der Waals surface area contributed by atoms with E-state index >= 15 is 0 Å². The van der Waals surface area contributed by atoms with Crippen molar-refractivity contribution in [2.24, 2.45) is 11.1 Å². The van der Waals surface area contributed by atoms with Crippen molar-refractivity contribution >= 4 is 22.3 Å². The topological polar surface area (TPSA) is 146 Å². The van der Waals surface area contributed by atoms with Crippen molar-refractivity contribution in [2.75, 3.05) is 19.6 Å². The molecule has 4 N–H and O–H groups in total. The van der Waals surface area contributed by atoms with Crippen LogP contribution in [0.5, 0.6) is 0 Å². The van der Waals surface area contributed by atoms with Crippen molar-refractivity contribution in [2.45, 2.75) is 43.8 Å². The van der Waals surface area contributed by atoms with E-state index in [1.54, 1.807) is 5.01 Å². The number of piperidine rings is 1. The highest BCUT2D eigenvalue weighted by molar-refractivity contribution is 7.80. The molecule has 3 amide bonds. The summed E-state index contributed by atoms with van der Waals surface area (Å²) in [6, 6.07) is -1.88. The van der Waals surface area contributed by atoms with Crippen LogP contribution in [0.15, 0.2) is 0 Å². The quantitative estimate of drug-likeness (QED) is 0.500. The van der Waals surface area contributed by atoms with E-state index in [4.69, 9.17) is 10.3 Å². The van der Waals surface area contributed by atoms with E-state index in [1.165, 1.54) is 4.90 Å². The SMILES string of the molecule is NC1CCN(NC(=O)C2CC3(CC3)C3CN2C(=O)N3OS(=O)(=O)O)C1. The van der Waals surface area contributed by atoms with Crippen LogP contribution in [0.1, 0.15) is 25.7 Å². The van der Waals surface area contributed by atoms with Crippen molar-refractivity contribution in [3.8, 4) is 0 Å². The van der Waals surface area contributed by atoms with E-state index in [0.717, 1.165) is 19.3 Å². The van der Waals surface area contributed by atoms with Crippen LogP contribution in [0.3, 0.4) is 0 Å². The maximum absolute atomic E-state index is 12.7. The number of urea groups is 1. The molecule has 2 bridgehead atoms. The molecule has 0 aromatic heterocycles. The average Bonchev–Trinajstić information content (AvgIpc) is 3.08. The molecule has 25 heavy (non-hydrogen) atoms. The zero-order chi connectivity index (χ0) is 18.0. The van der Waals surface area contributed by atoms with Gasteiger partial charge in [0.15, 0.2) is 0 Å². The summed E-state index contributed by atoms with van der Waals surface area (Å²) in [4.78, 5) is 26.5. The third kappa shape index (κ3) is 2.97. The fourth-order valence-electron chi connectivity index (χ4n) is 4.17. The molecule has 1 aliphatic carbocycles. The van der Waals surface area contributed by atoms with Gasteiger partial charge in [0, 0.05) is 25.7 Å². The monoisotopic (exact) mass is 375 g/mol. The van der Waals surface area contributed by atoms with Crippen LogP contribution < -0.4 is 11.2 Å². The Labute approximate surface area is 144 Å². The van der Waals surface area contributed by atoms with E-state index in [9.17, 15) is 18.0 Å². The number of hydrogen-bond donors (Lipinski definition) is 3. The molecule has 1 saturated carbocycles. The molecule has 4 rings (SSSR count). The van der Waals surface area contributed by atoms with E-state index in [0.29, 0.717) is 24.6 Å². The Morgan fingerprint density at radius 3 is 2.64 bits per heavy atom. The van der Waals surface area contributed by atoms with Gasteiger partial charge in [-0.25, -0.2) is 9.80 Å². The van der Waals surface area contributed by atoms with Crippen LogP contribution in [-0.2, 0) is 19.5 Å². The predicted molar refractivity (Wildman–Crippen MR) is 82.7 cm³/mol. The third-order valence-electron chi connectivity index (χ3n) is 5.63. The standard InChI is InChI=1S/C13H21N5O6S/c14-8-1-4-16(6-8)15-11(19)9-5-13(2-3-13)10-7-17(9)12(20)18(10)24-25(21,22)23/h8-10H,1-7,14H2,(H,15,19)(H,21,22,23). The fourth-order valence-corrected chi connectivity index (χ4v) is 4.54. The smallest absolute Gasteiger partial charge is 0.326 e. The van der Waals surface area contributed by atoms with E-state index in [1.807, 2.05) is 0 Å². The molecule has 0 radical (unpaired) electrons. The average molecular weight is 375 g/mol. The van der Waals surface area contributed by atoms with Crippen molar-refractivity contribution in [1.29, 1.82) is 0 Å². The molecule has 3 unspecified atom stereocenters. The largest absolute Gasteiger partial charge is 0.418 e. The summed E-state index contributed by atoms with van der Waals surface area (Å²) in [5.41, 5.74) is 8.30. The molecule has 0 aromatic rings. The number of rotatable bonds is 4. The summed E-state index contributed by atoms with van der Waals surface area (Å²) in [5.74, 6) is -0.305. The molecule has 140 valence electrons. The molecule has 3 heterocycles. The lowest BCUT2D eigenvalue weighted by Gasteiger charge is -2.36. The molecule has 3 saturated heterocycles. The number of nitrogens with zero attached hydrogens (tertiary/aromatic N) is 3. The van der Waals surface area contributed by atoms with Gasteiger partial charge < -0.3 is 10.6 Å². The minimum absolute atomic E-state index is 0.0119. The summed E-state index contributed by atoms with van der Waals surface area (Å²) in [7, 11) is -4.81. The molecule has 0 aromatic carbocycles. The van der Waals surface area contributed by atoms with Gasteiger partial charge in [-0.1, -0.05) is 0 Å². The highest BCUT2D eigenvalue weighted by atomic mass is 32.3. The summed E-state index contributed by atoms with van der Waals surface area (Å²) in [6.07, 6.45) is 2.79. The number of hydrogen-bond acceptors (Lipinski definition) is 7. The van der Waals surface area contributed by atoms with Crippen LogP contribution in [0.25, 0.3) is 0 Å². The van der Waals surface area contributed by atoms with Crippen LogP contribution in [-0.4, -0.2) is 77.6 Å². The first-order chi connectivity index (χ1) is 11.7. The third-order valence-corrected chi connectivity index (χ3v) is 5.98. The maximum Gasteiger partial charge on any atom is 0.418 e. The minimum Gasteiger partial charge on any atom is -0.326 e. The zero-order valence-corrected chi connectivity index (χ0v) is 14.3. The Bertz CT molecular complexity index is 710. The van der Waals surface area contributed by atoms with Crippen LogP contribution >= 0.6 is 0 Å². The van der Waals surface area contributed by atoms with Crippen molar-refractivity contribution in [1.82, 2.24) is 20.4 Å². The summed E-state index contributed by atoms with van der Waals surface area (Å²) >= 11 is 0. The molecular formula is C13H21N5O6S. The number of carbonyl (C=O) groups excluding carboxylic acids is 2. The van der Waals surface area contributed by atoms with Gasteiger partial charge in [-0.2, -0.15) is 13.5 Å². The maximum atomic E-state index is 12.7. The number of fused-ring (bicyclic) bond motifs is 3. The Morgan fingerprint density at radius 2 is 2.08 bits per heavy atom. The normalized spacial score (nSPS) is 34.0. The molecular weight excluding hydrogens is 354 g/mol. The van der Waals surface area contributed by atoms with Gasteiger partial charge in [-0.3, -0.25) is 14.8 Å². The first-order valence-electron chi connectivity index (χ1n) is 8.26. The highest BCUT2D eigenvalue weighted by Crippen LogP contribution is 2.59. The second-order valence-corrected chi connectivity index (χ2v) is 8.34. The fraction of sp³-hybridized carbons (Fsp3) is 0.846. The number of amides is 3. The van der Waals surface area contributed by atoms with E-state index in [2.05, 4.69) is 9.71 Å². The predicted octanol–water partition coefficient (Wildman–Crippen LogP) is -1.56. The van der Waals surface area contributed by atoms with Crippen LogP contribution in [0.2, 0.25) is 0 Å². The molecule has 1 spiro atoms. The molecule has 4 aliphatic rings. The van der Waals surface area contributed by atoms with Gasteiger partial charge >= 0.3 is 16.4 Å². The molecule has 3 atom stereocenters. The van der Waals surface area contributed by atoms with Crippen LogP contribution in [0.4, 0.5) is 4.79 Å². The van der Waals surface area contributed by atoms with Gasteiger partial charge in [0.1, 0.15) is 6.04 Å². The van der Waals surface area contributed by atoms with Gasteiger partial charge in [-0.15, -0.1) is 4.28 Å². The van der Waals surface area contributed by atoms with Gasteiger partial charge in [0.2, 0.25) is 0 Å². The van der Waals surface area contributed by atoms with Gasteiger partial charge in [-0.05, 0) is 31.1 Å². The molecule has 11 nitrogen and oxygen atoms in total. The highest BCUT2D eigenvalue weighted by Gasteiger charge is 2.65. The lowest BCUT2D eigenvalue weighted by molar-refractivity contribution is -0.131. The lowest BCUT2D eigenvalue weighted by Crippen LogP contribution is -2.56. The van der Waals surface area contributed by atoms with Crippen molar-refractivity contribution < 1.29 is 26.8 Å². The number of carbonyl (C=O) groups is 2. The van der Waals surface area contributed by atoms with Crippen molar-refractivity contribution in [3.05, 3.63) is 0 Å². The minimum atomic E-state index is -4.81. The van der Waals surface area contributed by atoms with Gasteiger partial charge in [0.05, 0.1) is 6.04 Å². The number of nitrogens with two attached hydrogens (primary N) is 1. The second-order valence-electron chi connectivity index (χ2n) is 7.33. The number of nitrogens with one attached hydrogen (secondary N) is 1. The number of hydroxylamine groups is 2. The van der Waals surface area contributed by atoms with E-state index < -0.39 is 28.5 Å². The molecule has 4 fully saturated rings. The number of hydrazine groups is 1. The van der Waals surface area contributed by atoms with Crippen molar-refractivity contribution in [3.63, 3.8) is 0 Å². The Kier molecular flexibility index (Phi) is 3.74. The first-order valence-corrected chi connectivity index (χ1v) is 9.63. The Hall–Kier alpha value is -1.47. The lowest BCUT2D eigenvalue weighted by atomic mass is 9.85.